The van der Waals surface area contributed by atoms with Crippen molar-refractivity contribution in [1.82, 2.24) is 20.1 Å². The molecule has 0 saturated heterocycles. The van der Waals surface area contributed by atoms with Crippen LogP contribution in [-0.2, 0) is 4.79 Å². The summed E-state index contributed by atoms with van der Waals surface area (Å²) in [5, 5.41) is 6.98. The van der Waals surface area contributed by atoms with Gasteiger partial charge in [0.25, 0.3) is 0 Å². The highest BCUT2D eigenvalue weighted by atomic mass is 16.5. The minimum Gasteiger partial charge on any atom is -0.457 e. The highest BCUT2D eigenvalue weighted by molar-refractivity contribution is 5.80. The number of ether oxygens (including phenoxy) is 1. The van der Waals surface area contributed by atoms with Crippen LogP contribution in [0.4, 0.5) is 0 Å². The number of aromatic nitrogens is 3. The first-order valence-corrected chi connectivity index (χ1v) is 8.11. The van der Waals surface area contributed by atoms with E-state index < -0.39 is 6.04 Å². The van der Waals surface area contributed by atoms with E-state index in [1.165, 1.54) is 17.3 Å². The first-order valence-electron chi connectivity index (χ1n) is 8.11. The molecule has 0 aliphatic heterocycles. The van der Waals surface area contributed by atoms with Crippen molar-refractivity contribution < 1.29 is 9.53 Å². The van der Waals surface area contributed by atoms with Gasteiger partial charge in [-0.25, -0.2) is 9.67 Å². The molecule has 1 heterocycles. The molecule has 1 N–H and O–H groups in total. The zero-order chi connectivity index (χ0) is 17.6. The lowest BCUT2D eigenvalue weighted by Crippen LogP contribution is -2.33. The van der Waals surface area contributed by atoms with Crippen LogP contribution in [0.2, 0.25) is 0 Å². The number of nitrogens with one attached hydrogen (secondary N) is 1. The molecule has 3 rings (SSSR count). The molecule has 6 nitrogen and oxygen atoms in total. The second-order valence-electron chi connectivity index (χ2n) is 5.77. The number of rotatable bonds is 6. The van der Waals surface area contributed by atoms with Gasteiger partial charge in [0, 0.05) is 0 Å². The highest BCUT2D eigenvalue weighted by Crippen LogP contribution is 2.23. The summed E-state index contributed by atoms with van der Waals surface area (Å²) in [6.45, 7) is 3.73. The molecule has 0 radical (unpaired) electrons. The van der Waals surface area contributed by atoms with Gasteiger partial charge in [0.2, 0.25) is 5.91 Å². The van der Waals surface area contributed by atoms with Crippen molar-refractivity contribution in [3.8, 4) is 11.5 Å². The Labute approximate surface area is 146 Å². The number of amides is 1. The third-order valence-electron chi connectivity index (χ3n) is 3.93. The van der Waals surface area contributed by atoms with Gasteiger partial charge >= 0.3 is 0 Å². The quantitative estimate of drug-likeness (QED) is 0.748. The van der Waals surface area contributed by atoms with E-state index in [-0.39, 0.29) is 11.9 Å². The number of nitrogens with zero attached hydrogens (tertiary/aromatic N) is 3. The predicted octanol–water partition coefficient (Wildman–Crippen LogP) is 3.51. The van der Waals surface area contributed by atoms with Crippen LogP contribution in [0.1, 0.15) is 31.5 Å². The largest absolute Gasteiger partial charge is 0.457 e. The molecular formula is C19H20N4O2. The van der Waals surface area contributed by atoms with Crippen molar-refractivity contribution in [3.05, 3.63) is 72.8 Å². The van der Waals surface area contributed by atoms with Gasteiger partial charge in [-0.3, -0.25) is 4.79 Å². The maximum Gasteiger partial charge on any atom is 0.245 e. The third-order valence-corrected chi connectivity index (χ3v) is 3.93. The number of carbonyl (C=O) groups excluding carboxylic acids is 1. The standard InChI is InChI=1S/C19H20N4O2/c1-14(22-19(24)15(2)23-13-20-12-21-23)16-8-10-18(11-9-16)25-17-6-4-3-5-7-17/h3-15H,1-2H3,(H,22,24)/t14-,15+/m1/s1. The summed E-state index contributed by atoms with van der Waals surface area (Å²) in [6, 6.07) is 16.8. The molecule has 0 aliphatic rings. The Morgan fingerprint density at radius 3 is 2.36 bits per heavy atom. The maximum absolute atomic E-state index is 12.3. The number of hydrogen-bond acceptors (Lipinski definition) is 4. The fourth-order valence-electron chi connectivity index (χ4n) is 2.40. The molecule has 1 aromatic heterocycles. The maximum atomic E-state index is 12.3. The molecule has 128 valence electrons. The molecular weight excluding hydrogens is 316 g/mol. The third kappa shape index (κ3) is 4.23. The Morgan fingerprint density at radius 2 is 1.72 bits per heavy atom. The first kappa shape index (κ1) is 16.7. The molecule has 0 saturated carbocycles. The van der Waals surface area contributed by atoms with Crippen LogP contribution in [0.15, 0.2) is 67.3 Å². The summed E-state index contributed by atoms with van der Waals surface area (Å²) in [4.78, 5) is 16.2. The molecule has 1 amide bonds. The lowest BCUT2D eigenvalue weighted by Gasteiger charge is -2.18. The van der Waals surface area contributed by atoms with E-state index in [0.717, 1.165) is 17.1 Å². The zero-order valence-corrected chi connectivity index (χ0v) is 14.2. The van der Waals surface area contributed by atoms with Crippen molar-refractivity contribution in [2.75, 3.05) is 0 Å². The molecule has 0 fully saturated rings. The predicted molar refractivity (Wildman–Crippen MR) is 94.2 cm³/mol. The van der Waals surface area contributed by atoms with E-state index >= 15 is 0 Å². The normalized spacial score (nSPS) is 13.0. The van der Waals surface area contributed by atoms with E-state index in [2.05, 4.69) is 15.4 Å². The highest BCUT2D eigenvalue weighted by Gasteiger charge is 2.18. The topological polar surface area (TPSA) is 69.0 Å². The van der Waals surface area contributed by atoms with Gasteiger partial charge < -0.3 is 10.1 Å². The van der Waals surface area contributed by atoms with Gasteiger partial charge in [-0.1, -0.05) is 30.3 Å². The monoisotopic (exact) mass is 336 g/mol. The van der Waals surface area contributed by atoms with Crippen LogP contribution < -0.4 is 10.1 Å². The Morgan fingerprint density at radius 1 is 1.04 bits per heavy atom. The van der Waals surface area contributed by atoms with Crippen molar-refractivity contribution in [2.24, 2.45) is 0 Å². The van der Waals surface area contributed by atoms with E-state index in [0.29, 0.717) is 0 Å². The molecule has 6 heteroatoms. The lowest BCUT2D eigenvalue weighted by molar-refractivity contribution is -0.124. The van der Waals surface area contributed by atoms with Crippen molar-refractivity contribution in [3.63, 3.8) is 0 Å². The smallest absolute Gasteiger partial charge is 0.245 e. The number of para-hydroxylation sites is 1. The van der Waals surface area contributed by atoms with Crippen LogP contribution in [0.25, 0.3) is 0 Å². The van der Waals surface area contributed by atoms with Crippen LogP contribution in [-0.4, -0.2) is 20.7 Å². The molecule has 0 aliphatic carbocycles. The second-order valence-corrected chi connectivity index (χ2v) is 5.77. The average Bonchev–Trinajstić information content (AvgIpc) is 3.17. The van der Waals surface area contributed by atoms with Gasteiger partial charge in [0.1, 0.15) is 30.2 Å². The van der Waals surface area contributed by atoms with Crippen molar-refractivity contribution >= 4 is 5.91 Å². The fraction of sp³-hybridized carbons (Fsp3) is 0.211. The molecule has 0 spiro atoms. The van der Waals surface area contributed by atoms with Gasteiger partial charge in [0.05, 0.1) is 6.04 Å². The summed E-state index contributed by atoms with van der Waals surface area (Å²) in [6.07, 6.45) is 2.95. The van der Waals surface area contributed by atoms with E-state index in [1.54, 1.807) is 6.92 Å². The van der Waals surface area contributed by atoms with E-state index in [1.807, 2.05) is 61.5 Å². The summed E-state index contributed by atoms with van der Waals surface area (Å²) in [5.74, 6) is 1.44. The van der Waals surface area contributed by atoms with Crippen LogP contribution in [0.5, 0.6) is 11.5 Å². The number of carbonyl (C=O) groups is 1. The van der Waals surface area contributed by atoms with Crippen molar-refractivity contribution in [2.45, 2.75) is 25.9 Å². The summed E-state index contributed by atoms with van der Waals surface area (Å²) in [5.41, 5.74) is 1.000. The Hall–Kier alpha value is -3.15. The van der Waals surface area contributed by atoms with Crippen LogP contribution >= 0.6 is 0 Å². The molecule has 0 unspecified atom stereocenters. The van der Waals surface area contributed by atoms with Crippen molar-refractivity contribution in [1.29, 1.82) is 0 Å². The molecule has 25 heavy (non-hydrogen) atoms. The number of benzene rings is 2. The second kappa shape index (κ2) is 7.61. The molecule has 3 aromatic rings. The van der Waals surface area contributed by atoms with E-state index in [9.17, 15) is 4.79 Å². The minimum absolute atomic E-state index is 0.109. The van der Waals surface area contributed by atoms with E-state index in [4.69, 9.17) is 4.74 Å². The van der Waals surface area contributed by atoms with Crippen LogP contribution in [0.3, 0.4) is 0 Å². The number of hydrogen-bond donors (Lipinski definition) is 1. The van der Waals surface area contributed by atoms with Gasteiger partial charge in [0.15, 0.2) is 0 Å². The Balaban J connectivity index is 1.60. The lowest BCUT2D eigenvalue weighted by atomic mass is 10.1. The molecule has 0 bridgehead atoms. The van der Waals surface area contributed by atoms with Crippen LogP contribution in [0, 0.1) is 0 Å². The Bertz CT molecular complexity index is 801. The minimum atomic E-state index is -0.411. The van der Waals surface area contributed by atoms with Gasteiger partial charge in [-0.15, -0.1) is 0 Å². The molecule has 2 aromatic carbocycles. The summed E-state index contributed by atoms with van der Waals surface area (Å²) < 4.78 is 7.30. The van der Waals surface area contributed by atoms with Gasteiger partial charge in [-0.05, 0) is 43.7 Å². The summed E-state index contributed by atoms with van der Waals surface area (Å²) in [7, 11) is 0. The molecule has 2 atom stereocenters. The van der Waals surface area contributed by atoms with Gasteiger partial charge in [-0.2, -0.15) is 5.10 Å². The summed E-state index contributed by atoms with van der Waals surface area (Å²) >= 11 is 0. The average molecular weight is 336 g/mol. The zero-order valence-electron chi connectivity index (χ0n) is 14.2. The first-order chi connectivity index (χ1) is 12.1. The SMILES string of the molecule is C[C@@H](NC(=O)[C@H](C)n1cncn1)c1ccc(Oc2ccccc2)cc1. The Kier molecular flexibility index (Phi) is 5.09. The fourth-order valence-corrected chi connectivity index (χ4v) is 2.40.